The fraction of sp³-hybridized carbons (Fsp3) is 0. The van der Waals surface area contributed by atoms with Crippen molar-refractivity contribution in [3.8, 4) is 56.8 Å². The van der Waals surface area contributed by atoms with Gasteiger partial charge in [0.25, 0.3) is 0 Å². The van der Waals surface area contributed by atoms with Gasteiger partial charge in [-0.05, 0) is 59.7 Å². The SMILES string of the molecule is c1ccc(-c2nc(-c3ccccc3)nc(-c3ccc4c(c3)oc3ccc(-c5ccc6c(c5)Oc5ccccc5S6)cc34)n2)cc1. The van der Waals surface area contributed by atoms with Crippen LogP contribution in [0, 0.1) is 0 Å². The van der Waals surface area contributed by atoms with Gasteiger partial charge in [-0.2, -0.15) is 0 Å². The van der Waals surface area contributed by atoms with Gasteiger partial charge in [0.05, 0.1) is 9.79 Å². The molecule has 6 aromatic carbocycles. The van der Waals surface area contributed by atoms with Gasteiger partial charge < -0.3 is 9.15 Å². The Kier molecular flexibility index (Phi) is 5.99. The van der Waals surface area contributed by atoms with Crippen molar-refractivity contribution in [1.82, 2.24) is 15.0 Å². The molecule has 0 radical (unpaired) electrons. The predicted octanol–water partition coefficient (Wildman–Crippen LogP) is 10.7. The minimum atomic E-state index is 0.597. The summed E-state index contributed by atoms with van der Waals surface area (Å²) in [6, 6.07) is 47.1. The number of benzene rings is 6. The van der Waals surface area contributed by atoms with E-state index >= 15 is 0 Å². The van der Waals surface area contributed by atoms with Crippen molar-refractivity contribution in [2.45, 2.75) is 9.79 Å². The second kappa shape index (κ2) is 10.5. The number of fused-ring (bicyclic) bond motifs is 5. The number of hydrogen-bond acceptors (Lipinski definition) is 6. The highest BCUT2D eigenvalue weighted by Gasteiger charge is 2.19. The molecule has 0 bridgehead atoms. The van der Waals surface area contributed by atoms with E-state index in [0.29, 0.717) is 17.5 Å². The Morgan fingerprint density at radius 2 is 1.00 bits per heavy atom. The molecule has 45 heavy (non-hydrogen) atoms. The van der Waals surface area contributed by atoms with Crippen molar-refractivity contribution in [3.63, 3.8) is 0 Å². The molecule has 0 saturated carbocycles. The Hall–Kier alpha value is -5.72. The van der Waals surface area contributed by atoms with Crippen molar-refractivity contribution >= 4 is 33.7 Å². The molecule has 6 heteroatoms. The predicted molar refractivity (Wildman–Crippen MR) is 179 cm³/mol. The third-order valence-electron chi connectivity index (χ3n) is 7.99. The molecule has 1 aliphatic rings. The number of hydrogen-bond donors (Lipinski definition) is 0. The van der Waals surface area contributed by atoms with Crippen LogP contribution in [0.1, 0.15) is 0 Å². The number of nitrogens with zero attached hydrogens (tertiary/aromatic N) is 3. The highest BCUT2D eigenvalue weighted by atomic mass is 32.2. The summed E-state index contributed by atoms with van der Waals surface area (Å²) in [5.41, 5.74) is 6.54. The summed E-state index contributed by atoms with van der Waals surface area (Å²) >= 11 is 1.74. The summed E-state index contributed by atoms with van der Waals surface area (Å²) < 4.78 is 12.6. The Morgan fingerprint density at radius 3 is 1.76 bits per heavy atom. The third kappa shape index (κ3) is 4.63. The van der Waals surface area contributed by atoms with Crippen LogP contribution in [0.15, 0.2) is 154 Å². The Bertz CT molecular complexity index is 2330. The molecule has 0 atom stereocenters. The first kappa shape index (κ1) is 25.7. The summed E-state index contributed by atoms with van der Waals surface area (Å²) in [5.74, 6) is 3.62. The van der Waals surface area contributed by atoms with Crippen molar-refractivity contribution in [2.24, 2.45) is 0 Å². The zero-order valence-corrected chi connectivity index (χ0v) is 24.7. The van der Waals surface area contributed by atoms with Gasteiger partial charge in [-0.15, -0.1) is 0 Å². The molecule has 0 unspecified atom stereocenters. The number of para-hydroxylation sites is 1. The lowest BCUT2D eigenvalue weighted by molar-refractivity contribution is 0.455. The summed E-state index contributed by atoms with van der Waals surface area (Å²) in [5, 5.41) is 2.09. The quantitative estimate of drug-likeness (QED) is 0.201. The normalized spacial score (nSPS) is 12.1. The molecule has 8 aromatic rings. The first-order chi connectivity index (χ1) is 22.2. The van der Waals surface area contributed by atoms with Crippen LogP contribution in [-0.4, -0.2) is 15.0 Å². The molecule has 0 N–H and O–H groups in total. The lowest BCUT2D eigenvalue weighted by Crippen LogP contribution is -2.00. The largest absolute Gasteiger partial charge is 0.456 e. The Morgan fingerprint density at radius 1 is 0.400 bits per heavy atom. The number of furan rings is 1. The fourth-order valence-corrected chi connectivity index (χ4v) is 6.67. The molecular weight excluding hydrogens is 575 g/mol. The lowest BCUT2D eigenvalue weighted by Gasteiger charge is -2.20. The van der Waals surface area contributed by atoms with E-state index in [1.165, 1.54) is 0 Å². The maximum atomic E-state index is 6.37. The Balaban J connectivity index is 1.11. The maximum Gasteiger partial charge on any atom is 0.164 e. The van der Waals surface area contributed by atoms with Crippen LogP contribution in [-0.2, 0) is 0 Å². The zero-order valence-electron chi connectivity index (χ0n) is 23.8. The van der Waals surface area contributed by atoms with Gasteiger partial charge in [0.15, 0.2) is 17.5 Å². The monoisotopic (exact) mass is 597 g/mol. The minimum absolute atomic E-state index is 0.597. The van der Waals surface area contributed by atoms with Crippen LogP contribution >= 0.6 is 11.8 Å². The van der Waals surface area contributed by atoms with Crippen LogP contribution in [0.25, 0.3) is 67.2 Å². The van der Waals surface area contributed by atoms with Gasteiger partial charge in [-0.25, -0.2) is 15.0 Å². The summed E-state index contributed by atoms with van der Waals surface area (Å²) in [4.78, 5) is 16.8. The first-order valence-electron chi connectivity index (χ1n) is 14.7. The highest BCUT2D eigenvalue weighted by Crippen LogP contribution is 2.48. The van der Waals surface area contributed by atoms with Gasteiger partial charge in [-0.1, -0.05) is 103 Å². The summed E-state index contributed by atoms with van der Waals surface area (Å²) in [6.45, 7) is 0. The van der Waals surface area contributed by atoms with Gasteiger partial charge in [0.1, 0.15) is 22.7 Å². The van der Waals surface area contributed by atoms with Gasteiger partial charge in [-0.3, -0.25) is 0 Å². The molecule has 0 spiro atoms. The maximum absolute atomic E-state index is 6.37. The van der Waals surface area contributed by atoms with Crippen molar-refractivity contribution in [2.75, 3.05) is 0 Å². The van der Waals surface area contributed by atoms with E-state index in [9.17, 15) is 0 Å². The molecular formula is C39H23N3O2S. The minimum Gasteiger partial charge on any atom is -0.456 e. The number of rotatable bonds is 4. The molecule has 1 aliphatic heterocycles. The van der Waals surface area contributed by atoms with E-state index < -0.39 is 0 Å². The molecule has 5 nitrogen and oxygen atoms in total. The zero-order chi connectivity index (χ0) is 29.7. The first-order valence-corrected chi connectivity index (χ1v) is 15.5. The topological polar surface area (TPSA) is 61.0 Å². The second-order valence-electron chi connectivity index (χ2n) is 10.9. The van der Waals surface area contributed by atoms with Crippen LogP contribution in [0.2, 0.25) is 0 Å². The molecule has 9 rings (SSSR count). The average Bonchev–Trinajstić information content (AvgIpc) is 3.48. The van der Waals surface area contributed by atoms with Gasteiger partial charge in [0.2, 0.25) is 0 Å². The Labute approximate surface area is 263 Å². The third-order valence-corrected chi connectivity index (χ3v) is 9.11. The van der Waals surface area contributed by atoms with Crippen molar-refractivity contribution in [1.29, 1.82) is 0 Å². The molecule has 0 aliphatic carbocycles. The van der Waals surface area contributed by atoms with Gasteiger partial charge in [0, 0.05) is 27.5 Å². The average molecular weight is 598 g/mol. The molecule has 0 saturated heterocycles. The molecule has 0 fully saturated rings. The smallest absolute Gasteiger partial charge is 0.164 e. The van der Waals surface area contributed by atoms with E-state index in [1.807, 2.05) is 91.0 Å². The summed E-state index contributed by atoms with van der Waals surface area (Å²) in [7, 11) is 0. The molecule has 2 aromatic heterocycles. The number of aromatic nitrogens is 3. The van der Waals surface area contributed by atoms with Crippen LogP contribution in [0.5, 0.6) is 11.5 Å². The standard InChI is InChI=1S/C39H23N3O2S/c1-3-9-24(10-4-1)37-40-38(25-11-5-2-6-12-25)42-39(41-37)28-15-18-29-30-21-26(16-19-31(30)43-33(29)23-28)27-17-20-36-34(22-27)44-32-13-7-8-14-35(32)45-36/h1-23H. The van der Waals surface area contributed by atoms with E-state index in [4.69, 9.17) is 24.1 Å². The highest BCUT2D eigenvalue weighted by molar-refractivity contribution is 7.99. The van der Waals surface area contributed by atoms with Crippen LogP contribution < -0.4 is 4.74 Å². The van der Waals surface area contributed by atoms with Crippen LogP contribution in [0.3, 0.4) is 0 Å². The molecule has 212 valence electrons. The van der Waals surface area contributed by atoms with Crippen LogP contribution in [0.4, 0.5) is 0 Å². The van der Waals surface area contributed by atoms with Crippen molar-refractivity contribution in [3.05, 3.63) is 140 Å². The second-order valence-corrected chi connectivity index (χ2v) is 12.0. The fourth-order valence-electron chi connectivity index (χ4n) is 5.74. The summed E-state index contributed by atoms with van der Waals surface area (Å²) in [6.07, 6.45) is 0. The molecule has 0 amide bonds. The van der Waals surface area contributed by atoms with Crippen molar-refractivity contribution < 1.29 is 9.15 Å². The van der Waals surface area contributed by atoms with E-state index in [0.717, 1.165) is 71.0 Å². The van der Waals surface area contributed by atoms with E-state index in [2.05, 4.69) is 48.5 Å². The number of ether oxygens (including phenoxy) is 1. The lowest BCUT2D eigenvalue weighted by atomic mass is 10.0. The van der Waals surface area contributed by atoms with E-state index in [-0.39, 0.29) is 0 Å². The van der Waals surface area contributed by atoms with Gasteiger partial charge >= 0.3 is 0 Å². The molecule has 3 heterocycles. The van der Waals surface area contributed by atoms with E-state index in [1.54, 1.807) is 11.8 Å².